The first-order chi connectivity index (χ1) is 8.11. The third-order valence-corrected chi connectivity index (χ3v) is 2.83. The van der Waals surface area contributed by atoms with Crippen molar-refractivity contribution < 1.29 is 9.50 Å². The molecule has 1 aromatic carbocycles. The number of aromatic nitrogens is 2. The standard InChI is InChI=1S/C12H12ClFN2O/c1-7-4-9(13)8(5-10(7)14)11-6-15-12(16-11)2-3-17/h4-6,17H,2-3H2,1H3,(H,15,16). The number of rotatable bonds is 3. The number of hydrogen-bond donors (Lipinski definition) is 2. The second kappa shape index (κ2) is 4.85. The smallest absolute Gasteiger partial charge is 0.126 e. The topological polar surface area (TPSA) is 48.9 Å². The van der Waals surface area contributed by atoms with Crippen molar-refractivity contribution >= 4 is 11.6 Å². The van der Waals surface area contributed by atoms with Gasteiger partial charge in [-0.1, -0.05) is 11.6 Å². The van der Waals surface area contributed by atoms with Crippen LogP contribution in [-0.4, -0.2) is 21.7 Å². The van der Waals surface area contributed by atoms with E-state index in [1.165, 1.54) is 6.07 Å². The summed E-state index contributed by atoms with van der Waals surface area (Å²) in [5.41, 5.74) is 1.73. The summed E-state index contributed by atoms with van der Waals surface area (Å²) in [5, 5.41) is 9.26. The number of aryl methyl sites for hydroxylation is 1. The number of imidazole rings is 1. The highest BCUT2D eigenvalue weighted by molar-refractivity contribution is 6.33. The fourth-order valence-electron chi connectivity index (χ4n) is 1.58. The Morgan fingerprint density at radius 1 is 1.47 bits per heavy atom. The number of aromatic amines is 1. The van der Waals surface area contributed by atoms with Crippen LogP contribution < -0.4 is 0 Å². The second-order valence-electron chi connectivity index (χ2n) is 3.80. The zero-order valence-electron chi connectivity index (χ0n) is 9.30. The predicted molar refractivity (Wildman–Crippen MR) is 64.5 cm³/mol. The molecule has 0 aliphatic carbocycles. The van der Waals surface area contributed by atoms with Crippen LogP contribution in [0, 0.1) is 12.7 Å². The number of H-pyrrole nitrogens is 1. The van der Waals surface area contributed by atoms with Gasteiger partial charge in [0.25, 0.3) is 0 Å². The molecule has 3 nitrogen and oxygen atoms in total. The van der Waals surface area contributed by atoms with Crippen LogP contribution in [0.1, 0.15) is 11.4 Å². The monoisotopic (exact) mass is 254 g/mol. The van der Waals surface area contributed by atoms with Crippen LogP contribution >= 0.6 is 11.6 Å². The summed E-state index contributed by atoms with van der Waals surface area (Å²) in [4.78, 5) is 7.07. The Morgan fingerprint density at radius 3 is 2.94 bits per heavy atom. The van der Waals surface area contributed by atoms with E-state index in [9.17, 15) is 4.39 Å². The molecular formula is C12H12ClFN2O. The average molecular weight is 255 g/mol. The normalized spacial score (nSPS) is 10.8. The number of halogens is 2. The molecule has 5 heteroatoms. The minimum atomic E-state index is -0.303. The molecule has 0 aliphatic rings. The Labute approximate surface area is 103 Å². The molecule has 0 fully saturated rings. The van der Waals surface area contributed by atoms with Crippen molar-refractivity contribution in [3.05, 3.63) is 40.6 Å². The van der Waals surface area contributed by atoms with E-state index in [2.05, 4.69) is 9.97 Å². The number of hydrogen-bond acceptors (Lipinski definition) is 2. The van der Waals surface area contributed by atoms with Gasteiger partial charge < -0.3 is 10.1 Å². The fraction of sp³-hybridized carbons (Fsp3) is 0.250. The molecule has 0 atom stereocenters. The van der Waals surface area contributed by atoms with Crippen LogP contribution in [0.4, 0.5) is 4.39 Å². The van der Waals surface area contributed by atoms with Gasteiger partial charge in [0.1, 0.15) is 11.6 Å². The van der Waals surface area contributed by atoms with E-state index < -0.39 is 0 Å². The zero-order valence-corrected chi connectivity index (χ0v) is 10.1. The highest BCUT2D eigenvalue weighted by atomic mass is 35.5. The van der Waals surface area contributed by atoms with Crippen molar-refractivity contribution in [3.63, 3.8) is 0 Å². The maximum Gasteiger partial charge on any atom is 0.126 e. The summed E-state index contributed by atoms with van der Waals surface area (Å²) in [7, 11) is 0. The summed E-state index contributed by atoms with van der Waals surface area (Å²) in [6, 6.07) is 2.96. The lowest BCUT2D eigenvalue weighted by molar-refractivity contribution is 0.297. The molecule has 0 unspecified atom stereocenters. The fourth-order valence-corrected chi connectivity index (χ4v) is 1.90. The highest BCUT2D eigenvalue weighted by Gasteiger charge is 2.10. The first-order valence-electron chi connectivity index (χ1n) is 5.22. The van der Waals surface area contributed by atoms with E-state index in [1.807, 2.05) is 0 Å². The van der Waals surface area contributed by atoms with Crippen LogP contribution in [0.3, 0.4) is 0 Å². The van der Waals surface area contributed by atoms with E-state index in [0.717, 1.165) is 0 Å². The van der Waals surface area contributed by atoms with Gasteiger partial charge in [-0.05, 0) is 24.6 Å². The Bertz CT molecular complexity index is 539. The van der Waals surface area contributed by atoms with E-state index in [-0.39, 0.29) is 12.4 Å². The van der Waals surface area contributed by atoms with Crippen molar-refractivity contribution in [3.8, 4) is 11.3 Å². The zero-order chi connectivity index (χ0) is 12.4. The van der Waals surface area contributed by atoms with Crippen LogP contribution in [0.2, 0.25) is 5.02 Å². The number of nitrogens with one attached hydrogen (secondary N) is 1. The largest absolute Gasteiger partial charge is 0.396 e. The summed E-state index contributed by atoms with van der Waals surface area (Å²) in [6.07, 6.45) is 2.02. The third-order valence-electron chi connectivity index (χ3n) is 2.52. The van der Waals surface area contributed by atoms with Crippen molar-refractivity contribution in [1.82, 2.24) is 9.97 Å². The summed E-state index contributed by atoms with van der Waals surface area (Å²) < 4.78 is 13.5. The number of aliphatic hydroxyl groups is 1. The van der Waals surface area contributed by atoms with E-state index in [0.29, 0.717) is 34.1 Å². The minimum absolute atomic E-state index is 0.0168. The highest BCUT2D eigenvalue weighted by Crippen LogP contribution is 2.29. The van der Waals surface area contributed by atoms with Crippen molar-refractivity contribution in [2.24, 2.45) is 0 Å². The number of aliphatic hydroxyl groups excluding tert-OH is 1. The summed E-state index contributed by atoms with van der Waals surface area (Å²) in [6.45, 7) is 1.68. The number of nitrogens with zero attached hydrogens (tertiary/aromatic N) is 1. The summed E-state index contributed by atoms with van der Waals surface area (Å²) in [5.74, 6) is 0.349. The van der Waals surface area contributed by atoms with E-state index in [4.69, 9.17) is 16.7 Å². The molecule has 1 aromatic heterocycles. The SMILES string of the molecule is Cc1cc(Cl)c(-c2cnc(CCO)[nH]2)cc1F. The molecule has 0 saturated carbocycles. The van der Waals surface area contributed by atoms with Crippen molar-refractivity contribution in [2.75, 3.05) is 6.61 Å². The molecule has 2 aromatic rings. The molecule has 0 saturated heterocycles. The number of benzene rings is 1. The third kappa shape index (κ3) is 2.48. The van der Waals surface area contributed by atoms with E-state index in [1.54, 1.807) is 19.2 Å². The van der Waals surface area contributed by atoms with Crippen LogP contribution in [0.5, 0.6) is 0 Å². The van der Waals surface area contributed by atoms with Gasteiger partial charge in [-0.3, -0.25) is 0 Å². The molecule has 17 heavy (non-hydrogen) atoms. The van der Waals surface area contributed by atoms with Crippen LogP contribution in [0.25, 0.3) is 11.3 Å². The van der Waals surface area contributed by atoms with Gasteiger partial charge in [0, 0.05) is 12.0 Å². The van der Waals surface area contributed by atoms with Crippen LogP contribution in [0.15, 0.2) is 18.3 Å². The van der Waals surface area contributed by atoms with Gasteiger partial charge in [-0.2, -0.15) is 0 Å². The molecular weight excluding hydrogens is 243 g/mol. The molecule has 2 rings (SSSR count). The van der Waals surface area contributed by atoms with Crippen molar-refractivity contribution in [1.29, 1.82) is 0 Å². The lowest BCUT2D eigenvalue weighted by Crippen LogP contribution is -1.92. The maximum absolute atomic E-state index is 13.5. The summed E-state index contributed by atoms with van der Waals surface area (Å²) >= 11 is 6.06. The molecule has 2 N–H and O–H groups in total. The molecule has 0 spiro atoms. The second-order valence-corrected chi connectivity index (χ2v) is 4.21. The van der Waals surface area contributed by atoms with Gasteiger partial charge in [0.05, 0.1) is 23.5 Å². The molecule has 1 heterocycles. The van der Waals surface area contributed by atoms with Gasteiger partial charge >= 0.3 is 0 Å². The van der Waals surface area contributed by atoms with Gasteiger partial charge in [-0.15, -0.1) is 0 Å². The maximum atomic E-state index is 13.5. The molecule has 0 aliphatic heterocycles. The van der Waals surface area contributed by atoms with Gasteiger partial charge in [0.2, 0.25) is 0 Å². The molecule has 90 valence electrons. The lowest BCUT2D eigenvalue weighted by atomic mass is 10.1. The molecule has 0 amide bonds. The van der Waals surface area contributed by atoms with Gasteiger partial charge in [-0.25, -0.2) is 9.37 Å². The Hall–Kier alpha value is -1.39. The first-order valence-corrected chi connectivity index (χ1v) is 5.60. The van der Waals surface area contributed by atoms with Gasteiger partial charge in [0.15, 0.2) is 0 Å². The van der Waals surface area contributed by atoms with E-state index >= 15 is 0 Å². The quantitative estimate of drug-likeness (QED) is 0.885. The Balaban J connectivity index is 2.41. The Morgan fingerprint density at radius 2 is 2.24 bits per heavy atom. The van der Waals surface area contributed by atoms with Crippen LogP contribution in [-0.2, 0) is 6.42 Å². The molecule has 0 radical (unpaired) electrons. The molecule has 0 bridgehead atoms. The average Bonchev–Trinajstić information content (AvgIpc) is 2.72. The predicted octanol–water partition coefficient (Wildman–Crippen LogP) is 2.71. The minimum Gasteiger partial charge on any atom is -0.396 e. The first kappa shape index (κ1) is 12.1. The lowest BCUT2D eigenvalue weighted by Gasteiger charge is -2.04. The van der Waals surface area contributed by atoms with Crippen molar-refractivity contribution in [2.45, 2.75) is 13.3 Å². The Kier molecular flexibility index (Phi) is 3.45.